The molecule has 3 nitrogen and oxygen atoms in total. The van der Waals surface area contributed by atoms with E-state index in [-0.39, 0.29) is 5.91 Å². The zero-order valence-corrected chi connectivity index (χ0v) is 13.4. The second kappa shape index (κ2) is 6.69. The standard InChI is InChI=1S/C20H21NO2/c1-3-15-6-5-7-18(12-15)23-19-9-8-17-14-21(20(22)4-2)11-10-16(17)13-19/h4-9,12-13H,2-3,10-11,14H2,1H3. The first-order valence-corrected chi connectivity index (χ1v) is 7.99. The van der Waals surface area contributed by atoms with E-state index in [2.05, 4.69) is 37.8 Å². The van der Waals surface area contributed by atoms with E-state index < -0.39 is 0 Å². The fourth-order valence-electron chi connectivity index (χ4n) is 2.88. The van der Waals surface area contributed by atoms with E-state index in [1.54, 1.807) is 0 Å². The summed E-state index contributed by atoms with van der Waals surface area (Å²) in [4.78, 5) is 13.5. The van der Waals surface area contributed by atoms with Gasteiger partial charge < -0.3 is 9.64 Å². The quantitative estimate of drug-likeness (QED) is 0.796. The molecule has 0 unspecified atom stereocenters. The van der Waals surface area contributed by atoms with E-state index >= 15 is 0 Å². The number of fused-ring (bicyclic) bond motifs is 1. The highest BCUT2D eigenvalue weighted by Gasteiger charge is 2.19. The van der Waals surface area contributed by atoms with Crippen molar-refractivity contribution < 1.29 is 9.53 Å². The molecule has 0 N–H and O–H groups in total. The number of ether oxygens (including phenoxy) is 1. The fourth-order valence-corrected chi connectivity index (χ4v) is 2.88. The Bertz CT molecular complexity index is 736. The van der Waals surface area contributed by atoms with Crippen molar-refractivity contribution in [2.24, 2.45) is 0 Å². The number of carbonyl (C=O) groups is 1. The number of rotatable bonds is 4. The molecule has 0 bridgehead atoms. The van der Waals surface area contributed by atoms with Gasteiger partial charge in [-0.15, -0.1) is 0 Å². The molecular formula is C20H21NO2. The number of carbonyl (C=O) groups excluding carboxylic acids is 1. The first kappa shape index (κ1) is 15.3. The molecule has 0 spiro atoms. The van der Waals surface area contributed by atoms with Crippen molar-refractivity contribution in [3.63, 3.8) is 0 Å². The van der Waals surface area contributed by atoms with E-state index in [1.165, 1.54) is 22.8 Å². The minimum Gasteiger partial charge on any atom is -0.457 e. The van der Waals surface area contributed by atoms with E-state index in [9.17, 15) is 4.79 Å². The van der Waals surface area contributed by atoms with E-state index in [0.29, 0.717) is 6.54 Å². The van der Waals surface area contributed by atoms with Crippen molar-refractivity contribution in [2.75, 3.05) is 6.54 Å². The number of nitrogens with zero attached hydrogens (tertiary/aromatic N) is 1. The van der Waals surface area contributed by atoms with Gasteiger partial charge in [0.25, 0.3) is 0 Å². The highest BCUT2D eigenvalue weighted by atomic mass is 16.5. The van der Waals surface area contributed by atoms with Gasteiger partial charge in [-0.25, -0.2) is 0 Å². The smallest absolute Gasteiger partial charge is 0.246 e. The summed E-state index contributed by atoms with van der Waals surface area (Å²) in [6.45, 7) is 7.06. The van der Waals surface area contributed by atoms with Crippen LogP contribution in [0.3, 0.4) is 0 Å². The molecule has 0 aromatic heterocycles. The third kappa shape index (κ3) is 3.45. The maximum absolute atomic E-state index is 11.7. The maximum Gasteiger partial charge on any atom is 0.246 e. The van der Waals surface area contributed by atoms with Crippen LogP contribution in [0, 0.1) is 0 Å². The molecule has 0 fully saturated rings. The van der Waals surface area contributed by atoms with Crippen LogP contribution in [0.4, 0.5) is 0 Å². The van der Waals surface area contributed by atoms with E-state index in [1.807, 2.05) is 23.1 Å². The van der Waals surface area contributed by atoms with Crippen molar-refractivity contribution in [2.45, 2.75) is 26.3 Å². The van der Waals surface area contributed by atoms with Gasteiger partial charge in [-0.05, 0) is 59.9 Å². The van der Waals surface area contributed by atoms with E-state index in [4.69, 9.17) is 4.74 Å². The van der Waals surface area contributed by atoms with Crippen molar-refractivity contribution in [1.29, 1.82) is 0 Å². The summed E-state index contributed by atoms with van der Waals surface area (Å²) in [6, 6.07) is 14.3. The van der Waals surface area contributed by atoms with Gasteiger partial charge >= 0.3 is 0 Å². The van der Waals surface area contributed by atoms with Gasteiger partial charge in [0.2, 0.25) is 5.91 Å². The second-order valence-electron chi connectivity index (χ2n) is 5.75. The molecule has 1 amide bonds. The molecule has 0 aliphatic carbocycles. The molecule has 3 rings (SSSR count). The van der Waals surface area contributed by atoms with Crippen LogP contribution in [0.25, 0.3) is 0 Å². The summed E-state index contributed by atoms with van der Waals surface area (Å²) < 4.78 is 5.99. The van der Waals surface area contributed by atoms with Crippen LogP contribution in [0.1, 0.15) is 23.6 Å². The van der Waals surface area contributed by atoms with Crippen LogP contribution in [-0.4, -0.2) is 17.4 Å². The molecule has 0 radical (unpaired) electrons. The van der Waals surface area contributed by atoms with Crippen molar-refractivity contribution in [1.82, 2.24) is 4.90 Å². The fraction of sp³-hybridized carbons (Fsp3) is 0.250. The molecule has 3 heteroatoms. The molecule has 0 saturated heterocycles. The third-order valence-corrected chi connectivity index (χ3v) is 4.22. The molecular weight excluding hydrogens is 286 g/mol. The number of amides is 1. The molecule has 1 aliphatic heterocycles. The van der Waals surface area contributed by atoms with Gasteiger partial charge in [-0.3, -0.25) is 4.79 Å². The first-order chi connectivity index (χ1) is 11.2. The predicted octanol–water partition coefficient (Wildman–Crippen LogP) is 4.11. The zero-order valence-electron chi connectivity index (χ0n) is 13.4. The minimum absolute atomic E-state index is 0.00708. The maximum atomic E-state index is 11.7. The summed E-state index contributed by atoms with van der Waals surface area (Å²) in [5.74, 6) is 1.71. The van der Waals surface area contributed by atoms with Crippen LogP contribution in [0.15, 0.2) is 55.1 Å². The lowest BCUT2D eigenvalue weighted by Gasteiger charge is -2.28. The van der Waals surface area contributed by atoms with Gasteiger partial charge in [0, 0.05) is 13.1 Å². The zero-order chi connectivity index (χ0) is 16.2. The summed E-state index contributed by atoms with van der Waals surface area (Å²) in [5.41, 5.74) is 3.70. The van der Waals surface area contributed by atoms with Gasteiger partial charge in [-0.1, -0.05) is 31.7 Å². The molecule has 0 saturated carbocycles. The van der Waals surface area contributed by atoms with Crippen molar-refractivity contribution in [3.8, 4) is 11.5 Å². The SMILES string of the molecule is C=CC(=O)N1CCc2cc(Oc3cccc(CC)c3)ccc2C1. The molecule has 2 aromatic carbocycles. The molecule has 1 aliphatic rings. The van der Waals surface area contributed by atoms with Crippen molar-refractivity contribution in [3.05, 3.63) is 71.8 Å². The minimum atomic E-state index is -0.00708. The third-order valence-electron chi connectivity index (χ3n) is 4.22. The topological polar surface area (TPSA) is 29.5 Å². The average molecular weight is 307 g/mol. The normalized spacial score (nSPS) is 13.3. The molecule has 0 atom stereocenters. The monoisotopic (exact) mass is 307 g/mol. The highest BCUT2D eigenvalue weighted by Crippen LogP contribution is 2.28. The summed E-state index contributed by atoms with van der Waals surface area (Å²) >= 11 is 0. The van der Waals surface area contributed by atoms with Crippen molar-refractivity contribution >= 4 is 5.91 Å². The molecule has 23 heavy (non-hydrogen) atoms. The Morgan fingerprint density at radius 2 is 2.04 bits per heavy atom. The highest BCUT2D eigenvalue weighted by molar-refractivity contribution is 5.87. The van der Waals surface area contributed by atoms with Crippen LogP contribution in [0.5, 0.6) is 11.5 Å². The second-order valence-corrected chi connectivity index (χ2v) is 5.75. The molecule has 118 valence electrons. The Hall–Kier alpha value is -2.55. The summed E-state index contributed by atoms with van der Waals surface area (Å²) in [7, 11) is 0. The average Bonchev–Trinajstić information content (AvgIpc) is 2.60. The van der Waals surface area contributed by atoms with Crippen LogP contribution >= 0.6 is 0 Å². The Labute approximate surface area is 137 Å². The number of benzene rings is 2. The van der Waals surface area contributed by atoms with Gasteiger partial charge in [0.1, 0.15) is 11.5 Å². The molecule has 2 aromatic rings. The summed E-state index contributed by atoms with van der Waals surface area (Å²) in [6.07, 6.45) is 3.22. The Morgan fingerprint density at radius 3 is 2.83 bits per heavy atom. The number of hydrogen-bond donors (Lipinski definition) is 0. The first-order valence-electron chi connectivity index (χ1n) is 7.99. The Balaban J connectivity index is 1.77. The van der Waals surface area contributed by atoms with E-state index in [0.717, 1.165) is 30.9 Å². The van der Waals surface area contributed by atoms with Gasteiger partial charge in [0.05, 0.1) is 0 Å². The Morgan fingerprint density at radius 1 is 1.22 bits per heavy atom. The van der Waals surface area contributed by atoms with Gasteiger partial charge in [-0.2, -0.15) is 0 Å². The predicted molar refractivity (Wildman–Crippen MR) is 91.7 cm³/mol. The van der Waals surface area contributed by atoms with Crippen LogP contribution in [-0.2, 0) is 24.2 Å². The number of aryl methyl sites for hydroxylation is 1. The summed E-state index contributed by atoms with van der Waals surface area (Å²) in [5, 5.41) is 0. The van der Waals surface area contributed by atoms with Crippen LogP contribution < -0.4 is 4.74 Å². The Kier molecular flexibility index (Phi) is 4.47. The van der Waals surface area contributed by atoms with Gasteiger partial charge in [0.15, 0.2) is 0 Å². The number of hydrogen-bond acceptors (Lipinski definition) is 2. The molecule has 1 heterocycles. The van der Waals surface area contributed by atoms with Crippen LogP contribution in [0.2, 0.25) is 0 Å². The lowest BCUT2D eigenvalue weighted by atomic mass is 9.99. The lowest BCUT2D eigenvalue weighted by molar-refractivity contribution is -0.126. The lowest BCUT2D eigenvalue weighted by Crippen LogP contribution is -2.34. The largest absolute Gasteiger partial charge is 0.457 e.